The van der Waals surface area contributed by atoms with Gasteiger partial charge in [-0.1, -0.05) is 6.07 Å². The minimum absolute atomic E-state index is 0.0774. The highest BCUT2D eigenvalue weighted by molar-refractivity contribution is 7.21. The standard InChI is InChI=1S/C20H19FO5S/c1-23-12-15-18-16(21)4-3-5-17(18)27-19(15)20(22)26-11-10-25-14-8-6-13(24-2)7-9-14/h3-9H,10-12H2,1-2H3. The van der Waals surface area contributed by atoms with Crippen LogP contribution in [0.4, 0.5) is 4.39 Å². The predicted octanol–water partition coefficient (Wildman–Crippen LogP) is 4.43. The van der Waals surface area contributed by atoms with Gasteiger partial charge in [-0.3, -0.25) is 0 Å². The molecule has 5 nitrogen and oxygen atoms in total. The number of ether oxygens (including phenoxy) is 4. The fourth-order valence-electron chi connectivity index (χ4n) is 2.65. The van der Waals surface area contributed by atoms with E-state index >= 15 is 0 Å². The lowest BCUT2D eigenvalue weighted by molar-refractivity contribution is 0.0452. The van der Waals surface area contributed by atoms with Gasteiger partial charge in [0.05, 0.1) is 13.7 Å². The second-order valence-electron chi connectivity index (χ2n) is 5.62. The number of hydrogen-bond donors (Lipinski definition) is 0. The highest BCUT2D eigenvalue weighted by Gasteiger charge is 2.21. The molecule has 0 atom stereocenters. The number of carbonyl (C=O) groups excluding carboxylic acids is 1. The Morgan fingerprint density at radius 2 is 1.78 bits per heavy atom. The number of halogens is 1. The van der Waals surface area contributed by atoms with Gasteiger partial charge in [-0.15, -0.1) is 11.3 Å². The monoisotopic (exact) mass is 390 g/mol. The minimum atomic E-state index is -0.513. The lowest BCUT2D eigenvalue weighted by Crippen LogP contribution is -2.12. The number of methoxy groups -OCH3 is 2. The molecule has 0 aliphatic carbocycles. The lowest BCUT2D eigenvalue weighted by Gasteiger charge is -2.08. The SMILES string of the molecule is COCc1c(C(=O)OCCOc2ccc(OC)cc2)sc2cccc(F)c12. The maximum Gasteiger partial charge on any atom is 0.348 e. The van der Waals surface area contributed by atoms with Crippen molar-refractivity contribution in [2.75, 3.05) is 27.4 Å². The molecule has 1 heterocycles. The van der Waals surface area contributed by atoms with E-state index in [0.717, 1.165) is 5.75 Å². The molecule has 3 rings (SSSR count). The van der Waals surface area contributed by atoms with Gasteiger partial charge in [-0.2, -0.15) is 0 Å². The molecule has 7 heteroatoms. The molecule has 0 radical (unpaired) electrons. The number of rotatable bonds is 8. The van der Waals surface area contributed by atoms with Gasteiger partial charge in [-0.25, -0.2) is 9.18 Å². The quantitative estimate of drug-likeness (QED) is 0.421. The molecule has 0 unspecified atom stereocenters. The third-order valence-corrected chi connectivity index (χ3v) is 5.06. The van der Waals surface area contributed by atoms with Gasteiger partial charge in [0.15, 0.2) is 0 Å². The summed E-state index contributed by atoms with van der Waals surface area (Å²) in [6.07, 6.45) is 0. The van der Waals surface area contributed by atoms with Gasteiger partial charge in [0.2, 0.25) is 0 Å². The van der Waals surface area contributed by atoms with Crippen LogP contribution in [0.5, 0.6) is 11.5 Å². The molecule has 27 heavy (non-hydrogen) atoms. The number of esters is 1. The number of thiophene rings is 1. The van der Waals surface area contributed by atoms with Crippen LogP contribution in [0, 0.1) is 5.82 Å². The van der Waals surface area contributed by atoms with Crippen LogP contribution in [0.25, 0.3) is 10.1 Å². The third kappa shape index (κ3) is 4.37. The maximum atomic E-state index is 14.2. The van der Waals surface area contributed by atoms with Crippen LogP contribution in [0.3, 0.4) is 0 Å². The Bertz CT molecular complexity index is 920. The van der Waals surface area contributed by atoms with Crippen molar-refractivity contribution in [2.45, 2.75) is 6.61 Å². The summed E-state index contributed by atoms with van der Waals surface area (Å²) in [7, 11) is 3.09. The van der Waals surface area contributed by atoms with Crippen molar-refractivity contribution in [3.8, 4) is 11.5 Å². The first-order valence-electron chi connectivity index (χ1n) is 8.27. The van der Waals surface area contributed by atoms with Crippen molar-refractivity contribution in [2.24, 2.45) is 0 Å². The van der Waals surface area contributed by atoms with E-state index in [1.807, 2.05) is 0 Å². The Kier molecular flexibility index (Phi) is 6.26. The summed E-state index contributed by atoms with van der Waals surface area (Å²) < 4.78 is 35.9. The van der Waals surface area contributed by atoms with Crippen molar-refractivity contribution < 1.29 is 28.1 Å². The molecule has 3 aromatic rings. The molecule has 142 valence electrons. The van der Waals surface area contributed by atoms with E-state index in [4.69, 9.17) is 18.9 Å². The van der Waals surface area contributed by atoms with Crippen molar-refractivity contribution in [1.29, 1.82) is 0 Å². The van der Waals surface area contributed by atoms with Gasteiger partial charge < -0.3 is 18.9 Å². The average Bonchev–Trinajstić information content (AvgIpc) is 3.06. The van der Waals surface area contributed by atoms with Crippen LogP contribution in [0.15, 0.2) is 42.5 Å². The number of benzene rings is 2. The van der Waals surface area contributed by atoms with Gasteiger partial charge >= 0.3 is 5.97 Å². The summed E-state index contributed by atoms with van der Waals surface area (Å²) in [5.41, 5.74) is 0.511. The van der Waals surface area contributed by atoms with Crippen LogP contribution in [0.1, 0.15) is 15.2 Å². The fourth-order valence-corrected chi connectivity index (χ4v) is 3.76. The number of carbonyl (C=O) groups is 1. The van der Waals surface area contributed by atoms with Gasteiger partial charge in [0.25, 0.3) is 0 Å². The maximum absolute atomic E-state index is 14.2. The zero-order valence-corrected chi connectivity index (χ0v) is 15.8. The first-order valence-corrected chi connectivity index (χ1v) is 9.08. The van der Waals surface area contributed by atoms with E-state index in [9.17, 15) is 9.18 Å². The van der Waals surface area contributed by atoms with Crippen molar-refractivity contribution in [3.05, 3.63) is 58.7 Å². The summed E-state index contributed by atoms with van der Waals surface area (Å²) in [6, 6.07) is 11.9. The van der Waals surface area contributed by atoms with Crippen molar-refractivity contribution >= 4 is 27.4 Å². The Morgan fingerprint density at radius 3 is 2.48 bits per heavy atom. The number of fused-ring (bicyclic) bond motifs is 1. The molecule has 0 amide bonds. The van der Waals surface area contributed by atoms with Crippen molar-refractivity contribution in [3.63, 3.8) is 0 Å². The molecular weight excluding hydrogens is 371 g/mol. The topological polar surface area (TPSA) is 54.0 Å². The summed E-state index contributed by atoms with van der Waals surface area (Å²) in [5, 5.41) is 0.408. The summed E-state index contributed by atoms with van der Waals surface area (Å²) in [6.45, 7) is 0.415. The molecule has 0 aliphatic rings. The largest absolute Gasteiger partial charge is 0.497 e. The summed E-state index contributed by atoms with van der Waals surface area (Å²) in [5.74, 6) is 0.492. The molecule has 0 N–H and O–H groups in total. The lowest BCUT2D eigenvalue weighted by atomic mass is 10.1. The third-order valence-electron chi connectivity index (χ3n) is 3.88. The van der Waals surface area contributed by atoms with E-state index in [-0.39, 0.29) is 25.6 Å². The van der Waals surface area contributed by atoms with Crippen LogP contribution < -0.4 is 9.47 Å². The molecule has 0 saturated carbocycles. The van der Waals surface area contributed by atoms with E-state index in [1.54, 1.807) is 43.5 Å². The predicted molar refractivity (Wildman–Crippen MR) is 101 cm³/mol. The van der Waals surface area contributed by atoms with Gasteiger partial charge in [-0.05, 0) is 36.4 Å². The highest BCUT2D eigenvalue weighted by atomic mass is 32.1. The van der Waals surface area contributed by atoms with E-state index < -0.39 is 5.97 Å². The zero-order chi connectivity index (χ0) is 19.2. The second-order valence-corrected chi connectivity index (χ2v) is 6.67. The Morgan fingerprint density at radius 1 is 1.04 bits per heavy atom. The van der Waals surface area contributed by atoms with Crippen LogP contribution in [-0.2, 0) is 16.1 Å². The van der Waals surface area contributed by atoms with Crippen LogP contribution in [0.2, 0.25) is 0 Å². The molecule has 0 aliphatic heterocycles. The van der Waals surface area contributed by atoms with Crippen LogP contribution in [-0.4, -0.2) is 33.4 Å². The molecule has 0 bridgehead atoms. The van der Waals surface area contributed by atoms with Crippen LogP contribution >= 0.6 is 11.3 Å². The van der Waals surface area contributed by atoms with Gasteiger partial charge in [0.1, 0.15) is 35.4 Å². The molecular formula is C20H19FO5S. The van der Waals surface area contributed by atoms with E-state index in [0.29, 0.717) is 26.3 Å². The summed E-state index contributed by atoms with van der Waals surface area (Å²) >= 11 is 1.20. The normalized spacial score (nSPS) is 10.8. The first kappa shape index (κ1) is 19.1. The average molecular weight is 390 g/mol. The Labute approximate surface area is 160 Å². The van der Waals surface area contributed by atoms with Crippen molar-refractivity contribution in [1.82, 2.24) is 0 Å². The molecule has 1 aromatic heterocycles. The molecule has 0 saturated heterocycles. The smallest absolute Gasteiger partial charge is 0.348 e. The van der Waals surface area contributed by atoms with E-state index in [1.165, 1.54) is 24.5 Å². The molecule has 2 aromatic carbocycles. The Balaban J connectivity index is 1.63. The highest BCUT2D eigenvalue weighted by Crippen LogP contribution is 2.34. The minimum Gasteiger partial charge on any atom is -0.497 e. The summed E-state index contributed by atoms with van der Waals surface area (Å²) in [4.78, 5) is 12.8. The Hall–Kier alpha value is -2.64. The van der Waals surface area contributed by atoms with Gasteiger partial charge in [0, 0.05) is 22.8 Å². The zero-order valence-electron chi connectivity index (χ0n) is 15.0. The molecule has 0 fully saturated rings. The second kappa shape index (κ2) is 8.83. The first-order chi connectivity index (χ1) is 13.1. The fraction of sp³-hybridized carbons (Fsp3) is 0.250. The van der Waals surface area contributed by atoms with E-state index in [2.05, 4.69) is 0 Å². The molecule has 0 spiro atoms. The number of hydrogen-bond acceptors (Lipinski definition) is 6.